The molecule has 0 saturated heterocycles. The monoisotopic (exact) mass is 440 g/mol. The molecule has 7 heteroatoms. The zero-order chi connectivity index (χ0) is 22.6. The van der Waals surface area contributed by atoms with Gasteiger partial charge in [0.2, 0.25) is 15.9 Å². The quantitative estimate of drug-likeness (QED) is 0.599. The summed E-state index contributed by atoms with van der Waals surface area (Å²) < 4.78 is 39.3. The molecule has 1 N–H and O–H groups in total. The van der Waals surface area contributed by atoms with Gasteiger partial charge < -0.3 is 5.32 Å². The molecule has 0 fully saturated rings. The Morgan fingerprint density at radius 2 is 1.52 bits per heavy atom. The molecule has 0 radical (unpaired) electrons. The first-order valence-corrected chi connectivity index (χ1v) is 11.7. The van der Waals surface area contributed by atoms with Gasteiger partial charge in [-0.05, 0) is 54.8 Å². The Labute approximate surface area is 182 Å². The predicted molar refractivity (Wildman–Crippen MR) is 121 cm³/mol. The maximum Gasteiger partial charge on any atom is 0.244 e. The highest BCUT2D eigenvalue weighted by atomic mass is 32.2. The van der Waals surface area contributed by atoms with Gasteiger partial charge in [-0.15, -0.1) is 0 Å². The Hall–Kier alpha value is -3.19. The maximum absolute atomic E-state index is 13.3. The minimum Gasteiger partial charge on any atom is -0.343 e. The number of amides is 1. The lowest BCUT2D eigenvalue weighted by atomic mass is 9.94. The molecule has 31 heavy (non-hydrogen) atoms. The fraction of sp³-hybridized carbons (Fsp3) is 0.208. The lowest BCUT2D eigenvalue weighted by Gasteiger charge is -2.30. The number of anilines is 1. The summed E-state index contributed by atoms with van der Waals surface area (Å²) in [6, 6.07) is 20.7. The number of carbonyl (C=O) groups is 1. The number of rotatable bonds is 7. The summed E-state index contributed by atoms with van der Waals surface area (Å²) in [6.45, 7) is 3.47. The van der Waals surface area contributed by atoms with Crippen LogP contribution in [-0.2, 0) is 14.8 Å². The second-order valence-corrected chi connectivity index (χ2v) is 9.28. The van der Waals surface area contributed by atoms with Crippen LogP contribution in [0, 0.1) is 12.7 Å². The Kier molecular flexibility index (Phi) is 6.75. The van der Waals surface area contributed by atoms with Crippen molar-refractivity contribution in [2.45, 2.75) is 25.9 Å². The van der Waals surface area contributed by atoms with E-state index in [4.69, 9.17) is 0 Å². The molecule has 0 aliphatic carbocycles. The SMILES string of the molecule is Cc1ccccc1[C@@H](NC(=O)[C@@H](C)N(c1ccc(F)cc1)S(C)(=O)=O)c1ccccc1. The molecule has 0 aliphatic heterocycles. The lowest BCUT2D eigenvalue weighted by molar-refractivity contribution is -0.122. The molecule has 3 rings (SSSR count). The summed E-state index contributed by atoms with van der Waals surface area (Å²) >= 11 is 0. The van der Waals surface area contributed by atoms with Crippen LogP contribution in [0.25, 0.3) is 0 Å². The normalized spacial score (nSPS) is 13.3. The summed E-state index contributed by atoms with van der Waals surface area (Å²) in [4.78, 5) is 13.2. The molecular formula is C24H25FN2O3S. The highest BCUT2D eigenvalue weighted by molar-refractivity contribution is 7.92. The van der Waals surface area contributed by atoms with Crippen LogP contribution >= 0.6 is 0 Å². The van der Waals surface area contributed by atoms with Gasteiger partial charge in [0.05, 0.1) is 18.0 Å². The molecule has 0 unspecified atom stereocenters. The average Bonchev–Trinajstić information content (AvgIpc) is 2.73. The van der Waals surface area contributed by atoms with E-state index in [1.165, 1.54) is 19.1 Å². The predicted octanol–water partition coefficient (Wildman–Crippen LogP) is 4.19. The van der Waals surface area contributed by atoms with Crippen LogP contribution in [0.15, 0.2) is 78.9 Å². The fourth-order valence-corrected chi connectivity index (χ4v) is 4.73. The van der Waals surface area contributed by atoms with Crippen LogP contribution in [0.5, 0.6) is 0 Å². The number of benzene rings is 3. The van der Waals surface area contributed by atoms with Crippen molar-refractivity contribution in [3.8, 4) is 0 Å². The molecule has 5 nitrogen and oxygen atoms in total. The number of hydrogen-bond donors (Lipinski definition) is 1. The number of sulfonamides is 1. The molecule has 0 aromatic heterocycles. The summed E-state index contributed by atoms with van der Waals surface area (Å²) in [5, 5.41) is 3.00. The van der Waals surface area contributed by atoms with Gasteiger partial charge in [0, 0.05) is 0 Å². The van der Waals surface area contributed by atoms with Crippen molar-refractivity contribution in [2.24, 2.45) is 0 Å². The second kappa shape index (κ2) is 9.31. The van der Waals surface area contributed by atoms with E-state index in [0.717, 1.165) is 39.4 Å². The topological polar surface area (TPSA) is 66.5 Å². The Bertz CT molecular complexity index is 1150. The van der Waals surface area contributed by atoms with Gasteiger partial charge in [0.25, 0.3) is 0 Å². The third-order valence-electron chi connectivity index (χ3n) is 5.09. The van der Waals surface area contributed by atoms with Crippen LogP contribution in [-0.4, -0.2) is 26.6 Å². The standard InChI is InChI=1S/C24H25FN2O3S/c1-17-9-7-8-12-22(17)23(19-10-5-4-6-11-19)26-24(28)18(2)27(31(3,29)30)21-15-13-20(25)14-16-21/h4-16,18,23H,1-3H3,(H,26,28)/t18-,23+/m1/s1. The van der Waals surface area contributed by atoms with E-state index in [1.54, 1.807) is 0 Å². The van der Waals surface area contributed by atoms with Crippen molar-refractivity contribution >= 4 is 21.6 Å². The van der Waals surface area contributed by atoms with Crippen molar-refractivity contribution < 1.29 is 17.6 Å². The minimum absolute atomic E-state index is 0.221. The summed E-state index contributed by atoms with van der Waals surface area (Å²) in [5.74, 6) is -0.954. The van der Waals surface area contributed by atoms with Gasteiger partial charge >= 0.3 is 0 Å². The molecule has 0 spiro atoms. The number of nitrogens with one attached hydrogen (secondary N) is 1. The van der Waals surface area contributed by atoms with Gasteiger partial charge in [0.15, 0.2) is 0 Å². The third kappa shape index (κ3) is 5.30. The first-order valence-electron chi connectivity index (χ1n) is 9.84. The molecule has 0 heterocycles. The molecule has 0 saturated carbocycles. The van der Waals surface area contributed by atoms with Crippen molar-refractivity contribution in [1.82, 2.24) is 5.32 Å². The zero-order valence-corrected chi connectivity index (χ0v) is 18.4. The molecule has 0 aliphatic rings. The number of carbonyl (C=O) groups excluding carboxylic acids is 1. The van der Waals surface area contributed by atoms with E-state index in [9.17, 15) is 17.6 Å². The molecule has 3 aromatic rings. The average molecular weight is 441 g/mol. The van der Waals surface area contributed by atoms with Gasteiger partial charge in [0.1, 0.15) is 11.9 Å². The summed E-state index contributed by atoms with van der Waals surface area (Å²) in [5.41, 5.74) is 3.02. The second-order valence-electron chi connectivity index (χ2n) is 7.42. The van der Waals surface area contributed by atoms with Crippen molar-refractivity contribution in [1.29, 1.82) is 0 Å². The van der Waals surface area contributed by atoms with E-state index in [2.05, 4.69) is 5.32 Å². The van der Waals surface area contributed by atoms with Crippen LogP contribution in [0.3, 0.4) is 0 Å². The van der Waals surface area contributed by atoms with Crippen molar-refractivity contribution in [3.05, 3.63) is 101 Å². The molecule has 0 bridgehead atoms. The number of aryl methyl sites for hydroxylation is 1. The molecule has 1 amide bonds. The van der Waals surface area contributed by atoms with Gasteiger partial charge in [-0.25, -0.2) is 12.8 Å². The van der Waals surface area contributed by atoms with E-state index in [-0.39, 0.29) is 5.69 Å². The number of halogens is 1. The number of nitrogens with zero attached hydrogens (tertiary/aromatic N) is 1. The van der Waals surface area contributed by atoms with Gasteiger partial charge in [-0.1, -0.05) is 54.6 Å². The van der Waals surface area contributed by atoms with Gasteiger partial charge in [-0.3, -0.25) is 9.10 Å². The first kappa shape index (κ1) is 22.5. The van der Waals surface area contributed by atoms with Crippen LogP contribution in [0.2, 0.25) is 0 Å². The maximum atomic E-state index is 13.3. The zero-order valence-electron chi connectivity index (χ0n) is 17.6. The minimum atomic E-state index is -3.80. The molecule has 2 atom stereocenters. The Morgan fingerprint density at radius 3 is 2.10 bits per heavy atom. The number of hydrogen-bond acceptors (Lipinski definition) is 3. The Balaban J connectivity index is 1.96. The Morgan fingerprint density at radius 1 is 0.935 bits per heavy atom. The smallest absolute Gasteiger partial charge is 0.244 e. The highest BCUT2D eigenvalue weighted by Crippen LogP contribution is 2.26. The van der Waals surface area contributed by atoms with Crippen LogP contribution < -0.4 is 9.62 Å². The summed E-state index contributed by atoms with van der Waals surface area (Å²) in [6.07, 6.45) is 1.02. The third-order valence-corrected chi connectivity index (χ3v) is 6.33. The highest BCUT2D eigenvalue weighted by Gasteiger charge is 2.31. The van der Waals surface area contributed by atoms with E-state index < -0.39 is 33.8 Å². The van der Waals surface area contributed by atoms with E-state index >= 15 is 0 Å². The lowest BCUT2D eigenvalue weighted by Crippen LogP contribution is -2.48. The van der Waals surface area contributed by atoms with Crippen molar-refractivity contribution in [3.63, 3.8) is 0 Å². The van der Waals surface area contributed by atoms with Crippen LogP contribution in [0.1, 0.15) is 29.7 Å². The molecule has 3 aromatic carbocycles. The largest absolute Gasteiger partial charge is 0.343 e. The van der Waals surface area contributed by atoms with E-state index in [1.807, 2.05) is 61.5 Å². The molecular weight excluding hydrogens is 415 g/mol. The van der Waals surface area contributed by atoms with Gasteiger partial charge in [-0.2, -0.15) is 0 Å². The molecule has 162 valence electrons. The fourth-order valence-electron chi connectivity index (χ4n) is 3.56. The van der Waals surface area contributed by atoms with Crippen molar-refractivity contribution in [2.75, 3.05) is 10.6 Å². The van der Waals surface area contributed by atoms with E-state index in [0.29, 0.717) is 0 Å². The summed E-state index contributed by atoms with van der Waals surface area (Å²) in [7, 11) is -3.80. The van der Waals surface area contributed by atoms with Crippen LogP contribution in [0.4, 0.5) is 10.1 Å². The first-order chi connectivity index (χ1) is 14.7.